The molecule has 0 bridgehead atoms. The summed E-state index contributed by atoms with van der Waals surface area (Å²) in [6.45, 7) is 0. The Balaban J connectivity index is 2.26. The summed E-state index contributed by atoms with van der Waals surface area (Å²) in [5.74, 6) is 0. The SMILES string of the molecule is O=c1[nH]cc(-c2cc3sccc3s2)c(=O)[nH]1. The van der Waals surface area contributed by atoms with Crippen LogP contribution in [0.5, 0.6) is 0 Å². The van der Waals surface area contributed by atoms with Crippen LogP contribution in [-0.4, -0.2) is 9.97 Å². The predicted molar refractivity (Wildman–Crippen MR) is 66.4 cm³/mol. The fraction of sp³-hybridized carbons (Fsp3) is 0. The molecule has 2 N–H and O–H groups in total. The van der Waals surface area contributed by atoms with Gasteiger partial charge in [-0.25, -0.2) is 4.79 Å². The lowest BCUT2D eigenvalue weighted by Gasteiger charge is -1.93. The second kappa shape index (κ2) is 3.43. The minimum Gasteiger partial charge on any atom is -0.313 e. The quantitative estimate of drug-likeness (QED) is 0.693. The molecule has 16 heavy (non-hydrogen) atoms. The Labute approximate surface area is 97.2 Å². The summed E-state index contributed by atoms with van der Waals surface area (Å²) in [7, 11) is 0. The number of rotatable bonds is 1. The Bertz CT molecular complexity index is 734. The summed E-state index contributed by atoms with van der Waals surface area (Å²) in [4.78, 5) is 28.0. The van der Waals surface area contributed by atoms with Crippen molar-refractivity contribution in [1.82, 2.24) is 9.97 Å². The fourth-order valence-corrected chi connectivity index (χ4v) is 3.61. The van der Waals surface area contributed by atoms with Crippen molar-refractivity contribution in [3.63, 3.8) is 0 Å². The Morgan fingerprint density at radius 2 is 2.06 bits per heavy atom. The van der Waals surface area contributed by atoms with Crippen LogP contribution >= 0.6 is 22.7 Å². The Morgan fingerprint density at radius 3 is 2.81 bits per heavy atom. The molecule has 3 rings (SSSR count). The molecular formula is C10H6N2O2S2. The third-order valence-electron chi connectivity index (χ3n) is 2.22. The normalized spacial score (nSPS) is 11.0. The highest BCUT2D eigenvalue weighted by atomic mass is 32.1. The van der Waals surface area contributed by atoms with Gasteiger partial charge in [0.15, 0.2) is 0 Å². The molecule has 80 valence electrons. The zero-order chi connectivity index (χ0) is 11.1. The van der Waals surface area contributed by atoms with Gasteiger partial charge in [0.1, 0.15) is 0 Å². The van der Waals surface area contributed by atoms with Gasteiger partial charge >= 0.3 is 5.69 Å². The largest absolute Gasteiger partial charge is 0.325 e. The van der Waals surface area contributed by atoms with E-state index in [4.69, 9.17) is 0 Å². The van der Waals surface area contributed by atoms with E-state index in [-0.39, 0.29) is 5.56 Å². The minimum atomic E-state index is -0.480. The van der Waals surface area contributed by atoms with Crippen molar-refractivity contribution < 1.29 is 0 Å². The number of nitrogens with one attached hydrogen (secondary N) is 2. The molecule has 3 aromatic rings. The zero-order valence-corrected chi connectivity index (χ0v) is 9.58. The summed E-state index contributed by atoms with van der Waals surface area (Å²) in [6, 6.07) is 3.99. The number of hydrogen-bond acceptors (Lipinski definition) is 4. The van der Waals surface area contributed by atoms with Gasteiger partial charge in [-0.1, -0.05) is 0 Å². The molecule has 3 heterocycles. The van der Waals surface area contributed by atoms with Crippen LogP contribution in [0.25, 0.3) is 19.8 Å². The van der Waals surface area contributed by atoms with Crippen molar-refractivity contribution in [2.75, 3.05) is 0 Å². The van der Waals surface area contributed by atoms with Crippen molar-refractivity contribution in [2.24, 2.45) is 0 Å². The van der Waals surface area contributed by atoms with Crippen molar-refractivity contribution >= 4 is 32.1 Å². The van der Waals surface area contributed by atoms with Crippen LogP contribution in [0.15, 0.2) is 33.3 Å². The van der Waals surface area contributed by atoms with E-state index >= 15 is 0 Å². The fourth-order valence-electron chi connectivity index (χ4n) is 1.49. The first-order valence-electron chi connectivity index (χ1n) is 4.53. The van der Waals surface area contributed by atoms with E-state index in [0.29, 0.717) is 5.56 Å². The van der Waals surface area contributed by atoms with Gasteiger partial charge in [-0.2, -0.15) is 0 Å². The van der Waals surface area contributed by atoms with E-state index in [9.17, 15) is 9.59 Å². The average Bonchev–Trinajstić information content (AvgIpc) is 2.76. The molecule has 0 atom stereocenters. The maximum atomic E-state index is 11.6. The smallest absolute Gasteiger partial charge is 0.313 e. The molecule has 0 spiro atoms. The third-order valence-corrected chi connectivity index (χ3v) is 4.35. The van der Waals surface area contributed by atoms with Gasteiger partial charge in [0.2, 0.25) is 0 Å². The Kier molecular flexibility index (Phi) is 2.05. The molecule has 0 aromatic carbocycles. The molecule has 0 fully saturated rings. The molecule has 0 saturated carbocycles. The van der Waals surface area contributed by atoms with Crippen molar-refractivity contribution in [3.8, 4) is 10.4 Å². The lowest BCUT2D eigenvalue weighted by Crippen LogP contribution is -2.22. The van der Waals surface area contributed by atoms with Crippen LogP contribution in [0.3, 0.4) is 0 Å². The molecule has 0 unspecified atom stereocenters. The summed E-state index contributed by atoms with van der Waals surface area (Å²) < 4.78 is 2.32. The van der Waals surface area contributed by atoms with Gasteiger partial charge in [-0.3, -0.25) is 9.78 Å². The lowest BCUT2D eigenvalue weighted by molar-refractivity contribution is 1.04. The van der Waals surface area contributed by atoms with Gasteiger partial charge in [-0.05, 0) is 17.5 Å². The molecule has 6 heteroatoms. The molecule has 0 aliphatic heterocycles. The first-order valence-corrected chi connectivity index (χ1v) is 6.23. The highest BCUT2D eigenvalue weighted by Gasteiger charge is 2.08. The summed E-state index contributed by atoms with van der Waals surface area (Å²) in [6.07, 6.45) is 1.45. The maximum Gasteiger partial charge on any atom is 0.325 e. The zero-order valence-electron chi connectivity index (χ0n) is 7.94. The summed E-state index contributed by atoms with van der Waals surface area (Å²) >= 11 is 3.18. The van der Waals surface area contributed by atoms with Gasteiger partial charge in [0, 0.05) is 20.5 Å². The second-order valence-electron chi connectivity index (χ2n) is 3.25. The van der Waals surface area contributed by atoms with E-state index in [0.717, 1.165) is 14.3 Å². The Hall–Kier alpha value is -1.66. The number of hydrogen-bond donors (Lipinski definition) is 2. The van der Waals surface area contributed by atoms with E-state index in [1.807, 2.05) is 17.5 Å². The number of aromatic nitrogens is 2. The van der Waals surface area contributed by atoms with Crippen molar-refractivity contribution in [2.45, 2.75) is 0 Å². The summed E-state index contributed by atoms with van der Waals surface area (Å²) in [5.41, 5.74) is -0.322. The van der Waals surface area contributed by atoms with Crippen LogP contribution in [0.1, 0.15) is 0 Å². The molecular weight excluding hydrogens is 244 g/mol. The van der Waals surface area contributed by atoms with E-state index in [2.05, 4.69) is 9.97 Å². The maximum absolute atomic E-state index is 11.6. The van der Waals surface area contributed by atoms with E-state index < -0.39 is 5.69 Å². The van der Waals surface area contributed by atoms with Crippen LogP contribution < -0.4 is 11.2 Å². The van der Waals surface area contributed by atoms with E-state index in [1.54, 1.807) is 22.7 Å². The molecule has 0 amide bonds. The van der Waals surface area contributed by atoms with Gasteiger partial charge < -0.3 is 4.98 Å². The first kappa shape index (κ1) is 9.56. The molecule has 0 radical (unpaired) electrons. The number of fused-ring (bicyclic) bond motifs is 1. The first-order chi connectivity index (χ1) is 7.74. The van der Waals surface area contributed by atoms with Crippen LogP contribution in [0.4, 0.5) is 0 Å². The van der Waals surface area contributed by atoms with Crippen LogP contribution in [0, 0.1) is 0 Å². The standard InChI is InChI=1S/C10H6N2O2S2/c13-9-5(4-11-10(14)12-9)7-3-8-6(16-7)1-2-15-8/h1-4H,(H2,11,12,13,14). The van der Waals surface area contributed by atoms with Gasteiger partial charge in [-0.15, -0.1) is 22.7 Å². The second-order valence-corrected chi connectivity index (χ2v) is 5.28. The summed E-state index contributed by atoms with van der Waals surface area (Å²) in [5, 5.41) is 2.02. The highest BCUT2D eigenvalue weighted by Crippen LogP contribution is 2.34. The molecule has 0 aliphatic carbocycles. The minimum absolute atomic E-state index is 0.349. The molecule has 4 nitrogen and oxygen atoms in total. The van der Waals surface area contributed by atoms with Gasteiger partial charge in [0.05, 0.1) is 5.56 Å². The highest BCUT2D eigenvalue weighted by molar-refractivity contribution is 7.28. The predicted octanol–water partition coefficient (Wildman–Crippen LogP) is 2.01. The number of H-pyrrole nitrogens is 2. The third kappa shape index (κ3) is 1.43. The van der Waals surface area contributed by atoms with Crippen LogP contribution in [-0.2, 0) is 0 Å². The number of thiophene rings is 2. The Morgan fingerprint density at radius 1 is 1.19 bits per heavy atom. The average molecular weight is 250 g/mol. The lowest BCUT2D eigenvalue weighted by atomic mass is 10.3. The van der Waals surface area contributed by atoms with Crippen molar-refractivity contribution in [1.29, 1.82) is 0 Å². The van der Waals surface area contributed by atoms with E-state index in [1.165, 1.54) is 6.20 Å². The molecule has 3 aromatic heterocycles. The van der Waals surface area contributed by atoms with Gasteiger partial charge in [0.25, 0.3) is 5.56 Å². The van der Waals surface area contributed by atoms with Crippen molar-refractivity contribution in [3.05, 3.63) is 44.5 Å². The molecule has 0 aliphatic rings. The van der Waals surface area contributed by atoms with Crippen LogP contribution in [0.2, 0.25) is 0 Å². The molecule has 0 saturated heterocycles. The number of aromatic amines is 2. The topological polar surface area (TPSA) is 65.7 Å². The monoisotopic (exact) mass is 250 g/mol.